The molecule has 2 N–H and O–H groups in total. The molecule has 0 saturated heterocycles. The van der Waals surface area contributed by atoms with Gasteiger partial charge in [0.05, 0.1) is 24.5 Å². The number of hydrogen-bond acceptors (Lipinski definition) is 4. The average Bonchev–Trinajstić information content (AvgIpc) is 3.09. The summed E-state index contributed by atoms with van der Waals surface area (Å²) >= 11 is 0. The molecule has 0 fully saturated rings. The van der Waals surface area contributed by atoms with E-state index in [1.807, 2.05) is 42.6 Å². The standard InChI is InChI=1S/C21H26FN5O2S.HI/c1-4-23-21(25-12-19-13-27-15(2)6-5-7-20(27)26-19)24-11-17-10-18(22)9-8-16(17)14-30(3,28)29;/h5-10,13H,4,11-12,14H2,1-3H3,(H2,23,24,25);1H. The number of nitrogens with zero attached hydrogens (tertiary/aromatic N) is 3. The van der Waals surface area contributed by atoms with Gasteiger partial charge in [-0.05, 0) is 49.2 Å². The van der Waals surface area contributed by atoms with Crippen molar-refractivity contribution in [1.82, 2.24) is 20.0 Å². The SMILES string of the molecule is CCNC(=NCc1cc(F)ccc1CS(C)(=O)=O)NCc1cn2c(C)cccc2n1.I. The minimum Gasteiger partial charge on any atom is -0.357 e. The minimum absolute atomic E-state index is 0. The number of fused-ring (bicyclic) bond motifs is 1. The zero-order valence-electron chi connectivity index (χ0n) is 17.7. The van der Waals surface area contributed by atoms with Crippen LogP contribution in [0.4, 0.5) is 4.39 Å². The Kier molecular flexibility index (Phi) is 8.80. The molecule has 0 atom stereocenters. The number of aliphatic imine (C=N–C) groups is 1. The predicted octanol–water partition coefficient (Wildman–Crippen LogP) is 3.20. The third-order valence-electron chi connectivity index (χ3n) is 4.52. The summed E-state index contributed by atoms with van der Waals surface area (Å²) in [4.78, 5) is 9.09. The van der Waals surface area contributed by atoms with Crippen molar-refractivity contribution >= 4 is 45.4 Å². The molecule has 1 aromatic carbocycles. The molecular weight excluding hydrogens is 532 g/mol. The third-order valence-corrected chi connectivity index (χ3v) is 5.36. The molecular formula is C21H27FIN5O2S. The largest absolute Gasteiger partial charge is 0.357 e. The molecule has 0 saturated carbocycles. The first-order valence-corrected chi connectivity index (χ1v) is 11.7. The summed E-state index contributed by atoms with van der Waals surface area (Å²) in [5.41, 5.74) is 3.92. The van der Waals surface area contributed by atoms with Gasteiger partial charge in [0.2, 0.25) is 0 Å². The molecule has 7 nitrogen and oxygen atoms in total. The number of aryl methyl sites for hydroxylation is 1. The maximum absolute atomic E-state index is 13.7. The summed E-state index contributed by atoms with van der Waals surface area (Å²) in [6.07, 6.45) is 3.13. The van der Waals surface area contributed by atoms with E-state index in [1.165, 1.54) is 18.2 Å². The van der Waals surface area contributed by atoms with E-state index in [2.05, 4.69) is 20.6 Å². The van der Waals surface area contributed by atoms with Crippen LogP contribution in [0.1, 0.15) is 29.4 Å². The summed E-state index contributed by atoms with van der Waals surface area (Å²) in [5, 5.41) is 6.36. The highest BCUT2D eigenvalue weighted by Crippen LogP contribution is 2.15. The van der Waals surface area contributed by atoms with Gasteiger partial charge in [-0.1, -0.05) is 12.1 Å². The quantitative estimate of drug-likeness (QED) is 0.264. The summed E-state index contributed by atoms with van der Waals surface area (Å²) < 4.78 is 39.1. The van der Waals surface area contributed by atoms with Crippen LogP contribution >= 0.6 is 24.0 Å². The highest BCUT2D eigenvalue weighted by atomic mass is 127. The first-order chi connectivity index (χ1) is 14.2. The topological polar surface area (TPSA) is 87.9 Å². The molecule has 0 aliphatic carbocycles. The van der Waals surface area contributed by atoms with Crippen LogP contribution in [0.2, 0.25) is 0 Å². The minimum atomic E-state index is -3.24. The lowest BCUT2D eigenvalue weighted by atomic mass is 10.1. The Morgan fingerprint density at radius 3 is 2.65 bits per heavy atom. The lowest BCUT2D eigenvalue weighted by molar-refractivity contribution is 0.600. The van der Waals surface area contributed by atoms with Crippen molar-refractivity contribution in [1.29, 1.82) is 0 Å². The van der Waals surface area contributed by atoms with Gasteiger partial charge in [-0.2, -0.15) is 0 Å². The van der Waals surface area contributed by atoms with Gasteiger partial charge in [-0.25, -0.2) is 22.8 Å². The van der Waals surface area contributed by atoms with Crippen LogP contribution in [0.25, 0.3) is 5.65 Å². The number of pyridine rings is 1. The van der Waals surface area contributed by atoms with Gasteiger partial charge in [-0.3, -0.25) is 0 Å². The fraction of sp³-hybridized carbons (Fsp3) is 0.333. The van der Waals surface area contributed by atoms with Gasteiger partial charge in [-0.15, -0.1) is 24.0 Å². The van der Waals surface area contributed by atoms with E-state index in [9.17, 15) is 12.8 Å². The van der Waals surface area contributed by atoms with Crippen LogP contribution in [0.5, 0.6) is 0 Å². The molecule has 2 aromatic heterocycles. The van der Waals surface area contributed by atoms with Crippen LogP contribution in [0.3, 0.4) is 0 Å². The number of aromatic nitrogens is 2. The van der Waals surface area contributed by atoms with Crippen LogP contribution in [0, 0.1) is 12.7 Å². The lowest BCUT2D eigenvalue weighted by Gasteiger charge is -2.12. The molecule has 0 spiro atoms. The van der Waals surface area contributed by atoms with Gasteiger partial charge in [0.25, 0.3) is 0 Å². The van der Waals surface area contributed by atoms with E-state index >= 15 is 0 Å². The zero-order valence-corrected chi connectivity index (χ0v) is 20.9. The Balaban J connectivity index is 0.00000341. The Morgan fingerprint density at radius 1 is 1.19 bits per heavy atom. The number of halogens is 2. The number of guanidine groups is 1. The predicted molar refractivity (Wildman–Crippen MR) is 132 cm³/mol. The molecule has 31 heavy (non-hydrogen) atoms. The van der Waals surface area contributed by atoms with Crippen molar-refractivity contribution in [2.75, 3.05) is 12.8 Å². The average molecular weight is 559 g/mol. The molecule has 0 aliphatic heterocycles. The zero-order chi connectivity index (χ0) is 21.7. The molecule has 0 unspecified atom stereocenters. The van der Waals surface area contributed by atoms with Gasteiger partial charge >= 0.3 is 0 Å². The number of benzene rings is 1. The molecule has 3 aromatic rings. The maximum Gasteiger partial charge on any atom is 0.191 e. The van der Waals surface area contributed by atoms with Crippen LogP contribution in [-0.2, 0) is 28.7 Å². The van der Waals surface area contributed by atoms with Crippen molar-refractivity contribution in [3.05, 3.63) is 70.9 Å². The number of rotatable bonds is 7. The first kappa shape index (κ1) is 25.1. The Morgan fingerprint density at radius 2 is 1.97 bits per heavy atom. The lowest BCUT2D eigenvalue weighted by Crippen LogP contribution is -2.36. The number of imidazole rings is 1. The van der Waals surface area contributed by atoms with Crippen molar-refractivity contribution in [3.8, 4) is 0 Å². The molecule has 2 heterocycles. The van der Waals surface area contributed by atoms with Gasteiger partial charge in [0.1, 0.15) is 11.5 Å². The summed E-state index contributed by atoms with van der Waals surface area (Å²) in [6, 6.07) is 10.0. The van der Waals surface area contributed by atoms with E-state index in [1.54, 1.807) is 0 Å². The highest BCUT2D eigenvalue weighted by Gasteiger charge is 2.11. The van der Waals surface area contributed by atoms with Gasteiger partial charge in [0.15, 0.2) is 15.8 Å². The maximum atomic E-state index is 13.7. The Bertz CT molecular complexity index is 1180. The van der Waals surface area contributed by atoms with Crippen molar-refractivity contribution < 1.29 is 12.8 Å². The molecule has 0 amide bonds. The Labute approximate surface area is 199 Å². The van der Waals surface area contributed by atoms with Gasteiger partial charge < -0.3 is 15.0 Å². The summed E-state index contributed by atoms with van der Waals surface area (Å²) in [6.45, 7) is 5.23. The fourth-order valence-corrected chi connectivity index (χ4v) is 3.98. The van der Waals surface area contributed by atoms with E-state index in [0.29, 0.717) is 30.2 Å². The van der Waals surface area contributed by atoms with E-state index in [4.69, 9.17) is 0 Å². The molecule has 10 heteroatoms. The normalized spacial score (nSPS) is 11.9. The number of hydrogen-bond donors (Lipinski definition) is 2. The second-order valence-corrected chi connectivity index (χ2v) is 9.30. The van der Waals surface area contributed by atoms with E-state index < -0.39 is 15.7 Å². The van der Waals surface area contributed by atoms with E-state index in [-0.39, 0.29) is 36.3 Å². The summed E-state index contributed by atoms with van der Waals surface area (Å²) in [5.74, 6) is -0.0285. The Hall–Kier alpha value is -2.21. The molecule has 0 radical (unpaired) electrons. The first-order valence-electron chi connectivity index (χ1n) is 9.66. The monoisotopic (exact) mass is 559 g/mol. The molecule has 0 aliphatic rings. The second kappa shape index (κ2) is 10.9. The molecule has 168 valence electrons. The second-order valence-electron chi connectivity index (χ2n) is 7.16. The smallest absolute Gasteiger partial charge is 0.191 e. The third kappa shape index (κ3) is 7.17. The van der Waals surface area contributed by atoms with Crippen LogP contribution < -0.4 is 10.6 Å². The van der Waals surface area contributed by atoms with Crippen molar-refractivity contribution in [3.63, 3.8) is 0 Å². The van der Waals surface area contributed by atoms with Crippen molar-refractivity contribution in [2.45, 2.75) is 32.7 Å². The fourth-order valence-electron chi connectivity index (χ4n) is 3.13. The summed E-state index contributed by atoms with van der Waals surface area (Å²) in [7, 11) is -3.24. The van der Waals surface area contributed by atoms with Crippen molar-refractivity contribution in [2.24, 2.45) is 4.99 Å². The van der Waals surface area contributed by atoms with Gasteiger partial charge in [0, 0.05) is 24.7 Å². The number of sulfone groups is 1. The highest BCUT2D eigenvalue weighted by molar-refractivity contribution is 14.0. The molecule has 3 rings (SSSR count). The number of nitrogens with one attached hydrogen (secondary N) is 2. The van der Waals surface area contributed by atoms with Crippen LogP contribution in [-0.4, -0.2) is 36.6 Å². The molecule has 0 bridgehead atoms. The van der Waals surface area contributed by atoms with E-state index in [0.717, 1.165) is 23.3 Å². The van der Waals surface area contributed by atoms with Crippen LogP contribution in [0.15, 0.2) is 47.6 Å².